The van der Waals surface area contributed by atoms with Crippen LogP contribution in [0.4, 0.5) is 0 Å². The summed E-state index contributed by atoms with van der Waals surface area (Å²) in [5.41, 5.74) is -0.0997. The van der Waals surface area contributed by atoms with Gasteiger partial charge in [0.2, 0.25) is 10.0 Å². The van der Waals surface area contributed by atoms with Gasteiger partial charge in [0.25, 0.3) is 0 Å². The van der Waals surface area contributed by atoms with Crippen molar-refractivity contribution < 1.29 is 13.5 Å². The Kier molecular flexibility index (Phi) is 4.16. The summed E-state index contributed by atoms with van der Waals surface area (Å²) in [6, 6.07) is 5.92. The molecule has 96 valence electrons. The Labute approximate surface area is 103 Å². The number of nitrogens with one attached hydrogen (secondary N) is 1. The van der Waals surface area contributed by atoms with E-state index in [0.717, 1.165) is 6.42 Å². The van der Waals surface area contributed by atoms with Gasteiger partial charge in [-0.15, -0.1) is 0 Å². The SMILES string of the molecule is CCC(C)(C)CNS(=O)(=O)c1ccccc1O. The van der Waals surface area contributed by atoms with Gasteiger partial charge in [0.05, 0.1) is 0 Å². The van der Waals surface area contributed by atoms with E-state index in [0.29, 0.717) is 6.54 Å². The molecule has 17 heavy (non-hydrogen) atoms. The van der Waals surface area contributed by atoms with Crippen LogP contribution in [0.1, 0.15) is 27.2 Å². The molecule has 0 bridgehead atoms. The van der Waals surface area contributed by atoms with E-state index in [1.54, 1.807) is 12.1 Å². The lowest BCUT2D eigenvalue weighted by molar-refractivity contribution is 0.349. The topological polar surface area (TPSA) is 66.4 Å². The first-order chi connectivity index (χ1) is 7.78. The third-order valence-electron chi connectivity index (χ3n) is 2.85. The lowest BCUT2D eigenvalue weighted by atomic mass is 9.91. The lowest BCUT2D eigenvalue weighted by Crippen LogP contribution is -2.33. The first kappa shape index (κ1) is 14.0. The van der Waals surface area contributed by atoms with Crippen molar-refractivity contribution >= 4 is 10.0 Å². The van der Waals surface area contributed by atoms with E-state index in [1.807, 2.05) is 20.8 Å². The molecule has 2 N–H and O–H groups in total. The zero-order valence-corrected chi connectivity index (χ0v) is 11.2. The smallest absolute Gasteiger partial charge is 0.244 e. The van der Waals surface area contributed by atoms with E-state index in [2.05, 4.69) is 4.72 Å². The van der Waals surface area contributed by atoms with Crippen LogP contribution in [0.15, 0.2) is 29.2 Å². The number of rotatable bonds is 5. The van der Waals surface area contributed by atoms with Gasteiger partial charge in [-0.2, -0.15) is 0 Å². The Balaban J connectivity index is 2.88. The van der Waals surface area contributed by atoms with Gasteiger partial charge in [-0.1, -0.05) is 32.9 Å². The zero-order chi connectivity index (χ0) is 13.1. The van der Waals surface area contributed by atoms with Crippen molar-refractivity contribution in [3.8, 4) is 5.75 Å². The van der Waals surface area contributed by atoms with E-state index in [1.165, 1.54) is 12.1 Å². The minimum absolute atomic E-state index is 0.0769. The average molecular weight is 257 g/mol. The fourth-order valence-electron chi connectivity index (χ4n) is 1.18. The first-order valence-corrected chi connectivity index (χ1v) is 7.04. The second kappa shape index (κ2) is 5.06. The summed E-state index contributed by atoms with van der Waals surface area (Å²) in [5.74, 6) is -0.227. The second-order valence-corrected chi connectivity index (χ2v) is 6.55. The number of phenols is 1. The molecular weight excluding hydrogens is 238 g/mol. The molecular formula is C12H19NO3S. The van der Waals surface area contributed by atoms with Crippen molar-refractivity contribution in [2.45, 2.75) is 32.1 Å². The molecule has 0 saturated carbocycles. The number of hydrogen-bond donors (Lipinski definition) is 2. The van der Waals surface area contributed by atoms with Crippen molar-refractivity contribution in [1.82, 2.24) is 4.72 Å². The van der Waals surface area contributed by atoms with Gasteiger partial charge in [-0.25, -0.2) is 13.1 Å². The Bertz CT molecular complexity index is 480. The van der Waals surface area contributed by atoms with Crippen LogP contribution >= 0.6 is 0 Å². The molecule has 0 unspecified atom stereocenters. The Hall–Kier alpha value is -1.07. The lowest BCUT2D eigenvalue weighted by Gasteiger charge is -2.22. The third kappa shape index (κ3) is 3.71. The van der Waals surface area contributed by atoms with E-state index >= 15 is 0 Å². The summed E-state index contributed by atoms with van der Waals surface area (Å²) in [7, 11) is -3.63. The number of benzene rings is 1. The van der Waals surface area contributed by atoms with E-state index in [4.69, 9.17) is 0 Å². The molecule has 0 saturated heterocycles. The van der Waals surface area contributed by atoms with Crippen molar-refractivity contribution in [1.29, 1.82) is 0 Å². The Morgan fingerprint density at radius 3 is 2.41 bits per heavy atom. The maximum atomic E-state index is 11.9. The van der Waals surface area contributed by atoms with Crippen LogP contribution in [0.2, 0.25) is 0 Å². The maximum absolute atomic E-state index is 11.9. The van der Waals surface area contributed by atoms with Crippen molar-refractivity contribution in [2.24, 2.45) is 5.41 Å². The zero-order valence-electron chi connectivity index (χ0n) is 10.4. The van der Waals surface area contributed by atoms with Crippen LogP contribution in [0.5, 0.6) is 5.75 Å². The van der Waals surface area contributed by atoms with E-state index < -0.39 is 10.0 Å². The average Bonchev–Trinajstić information content (AvgIpc) is 2.27. The number of para-hydroxylation sites is 1. The largest absolute Gasteiger partial charge is 0.507 e. The Morgan fingerprint density at radius 1 is 1.29 bits per heavy atom. The summed E-state index contributed by atoms with van der Waals surface area (Å²) < 4.78 is 26.4. The summed E-state index contributed by atoms with van der Waals surface area (Å²) in [5, 5.41) is 9.51. The van der Waals surface area contributed by atoms with Crippen LogP contribution in [0.3, 0.4) is 0 Å². The summed E-state index contributed by atoms with van der Waals surface area (Å²) in [4.78, 5) is -0.0769. The molecule has 0 amide bonds. The van der Waals surface area contributed by atoms with E-state index in [-0.39, 0.29) is 16.1 Å². The first-order valence-electron chi connectivity index (χ1n) is 5.56. The highest BCUT2D eigenvalue weighted by atomic mass is 32.2. The van der Waals surface area contributed by atoms with Gasteiger partial charge in [-0.3, -0.25) is 0 Å². The van der Waals surface area contributed by atoms with Gasteiger partial charge in [0.1, 0.15) is 10.6 Å². The third-order valence-corrected chi connectivity index (χ3v) is 4.30. The minimum atomic E-state index is -3.63. The fourth-order valence-corrected chi connectivity index (χ4v) is 2.51. The molecule has 1 aromatic carbocycles. The van der Waals surface area contributed by atoms with Crippen LogP contribution in [-0.2, 0) is 10.0 Å². The van der Waals surface area contributed by atoms with Crippen LogP contribution in [0, 0.1) is 5.41 Å². The number of hydrogen-bond acceptors (Lipinski definition) is 3. The molecule has 0 aliphatic carbocycles. The molecule has 0 heterocycles. The van der Waals surface area contributed by atoms with E-state index in [9.17, 15) is 13.5 Å². The van der Waals surface area contributed by atoms with Crippen molar-refractivity contribution in [2.75, 3.05) is 6.54 Å². The monoisotopic (exact) mass is 257 g/mol. The van der Waals surface area contributed by atoms with Gasteiger partial charge in [-0.05, 0) is 24.0 Å². The standard InChI is InChI=1S/C12H19NO3S/c1-4-12(2,3)9-13-17(15,16)11-8-6-5-7-10(11)14/h5-8,13-14H,4,9H2,1-3H3. The van der Waals surface area contributed by atoms with Gasteiger partial charge in [0.15, 0.2) is 0 Å². The molecule has 4 nitrogen and oxygen atoms in total. The maximum Gasteiger partial charge on any atom is 0.244 e. The molecule has 0 atom stereocenters. The second-order valence-electron chi connectivity index (χ2n) is 4.81. The summed E-state index contributed by atoms with van der Waals surface area (Å²) in [6.45, 7) is 6.33. The highest BCUT2D eigenvalue weighted by Gasteiger charge is 2.22. The van der Waals surface area contributed by atoms with Crippen LogP contribution in [-0.4, -0.2) is 20.1 Å². The normalized spacial score (nSPS) is 12.6. The number of phenolic OH excluding ortho intramolecular Hbond substituents is 1. The van der Waals surface area contributed by atoms with Gasteiger partial charge in [0, 0.05) is 6.54 Å². The molecule has 1 rings (SSSR count). The molecule has 1 aromatic rings. The van der Waals surface area contributed by atoms with Crippen LogP contribution < -0.4 is 4.72 Å². The summed E-state index contributed by atoms with van der Waals surface area (Å²) >= 11 is 0. The minimum Gasteiger partial charge on any atom is -0.507 e. The highest BCUT2D eigenvalue weighted by molar-refractivity contribution is 7.89. The molecule has 0 fully saturated rings. The van der Waals surface area contributed by atoms with Gasteiger partial charge >= 0.3 is 0 Å². The van der Waals surface area contributed by atoms with Crippen molar-refractivity contribution in [3.63, 3.8) is 0 Å². The molecule has 0 aliphatic heterocycles. The molecule has 0 aliphatic rings. The Morgan fingerprint density at radius 2 is 1.88 bits per heavy atom. The van der Waals surface area contributed by atoms with Crippen molar-refractivity contribution in [3.05, 3.63) is 24.3 Å². The summed E-state index contributed by atoms with van der Waals surface area (Å²) in [6.07, 6.45) is 0.871. The molecule has 0 spiro atoms. The predicted octanol–water partition coefficient (Wildman–Crippen LogP) is 2.11. The van der Waals surface area contributed by atoms with Crippen LogP contribution in [0.25, 0.3) is 0 Å². The molecule has 0 radical (unpaired) electrons. The highest BCUT2D eigenvalue weighted by Crippen LogP contribution is 2.23. The predicted molar refractivity (Wildman–Crippen MR) is 67.4 cm³/mol. The number of aromatic hydroxyl groups is 1. The molecule has 5 heteroatoms. The fraction of sp³-hybridized carbons (Fsp3) is 0.500. The van der Waals surface area contributed by atoms with Gasteiger partial charge < -0.3 is 5.11 Å². The molecule has 0 aromatic heterocycles. The number of sulfonamides is 1. The quantitative estimate of drug-likeness (QED) is 0.849.